The lowest BCUT2D eigenvalue weighted by molar-refractivity contribution is 1.50. The van der Waals surface area contributed by atoms with Crippen molar-refractivity contribution in [3.8, 4) is 6.07 Å². The van der Waals surface area contributed by atoms with Gasteiger partial charge < -0.3 is 5.73 Å². The Kier molecular flexibility index (Phi) is 3.04. The van der Waals surface area contributed by atoms with Gasteiger partial charge >= 0.3 is 0 Å². The third-order valence-electron chi connectivity index (χ3n) is 2.23. The average molecular weight is 226 g/mol. The minimum atomic E-state index is 0.533. The van der Waals surface area contributed by atoms with Crippen LogP contribution in [0.25, 0.3) is 11.3 Å². The fraction of sp³-hybridized carbons (Fsp3) is 0. The quantitative estimate of drug-likeness (QED) is 0.800. The first-order valence-electron chi connectivity index (χ1n) is 4.82. The number of nitriles is 1. The molecule has 2 rings (SSSR count). The van der Waals surface area contributed by atoms with E-state index in [2.05, 4.69) is 6.07 Å². The maximum absolute atomic E-state index is 9.15. The summed E-state index contributed by atoms with van der Waals surface area (Å²) in [6, 6.07) is 15.5. The van der Waals surface area contributed by atoms with Crippen LogP contribution in [0.3, 0.4) is 0 Å². The number of benzene rings is 1. The van der Waals surface area contributed by atoms with Crippen LogP contribution in [0.4, 0.5) is 0 Å². The molecule has 0 saturated carbocycles. The molecule has 2 aromatic rings. The molecule has 3 heteroatoms. The van der Waals surface area contributed by atoms with Crippen molar-refractivity contribution >= 4 is 22.6 Å². The summed E-state index contributed by atoms with van der Waals surface area (Å²) in [5, 5.41) is 11.1. The molecule has 0 atom stereocenters. The molecular formula is C13H10N2S. The van der Waals surface area contributed by atoms with Crippen LogP contribution in [0.2, 0.25) is 0 Å². The second kappa shape index (κ2) is 4.65. The zero-order valence-electron chi connectivity index (χ0n) is 8.55. The topological polar surface area (TPSA) is 49.8 Å². The van der Waals surface area contributed by atoms with Gasteiger partial charge in [0.05, 0.1) is 11.3 Å². The average Bonchev–Trinajstić information content (AvgIpc) is 2.85. The van der Waals surface area contributed by atoms with E-state index >= 15 is 0 Å². The molecule has 2 N–H and O–H groups in total. The standard InChI is InChI=1S/C13H10N2S/c14-9-11(12-7-4-8-16-12)13(15)10-5-2-1-3-6-10/h1-8H,15H2/b13-11-. The summed E-state index contributed by atoms with van der Waals surface area (Å²) in [5.41, 5.74) is 7.96. The van der Waals surface area contributed by atoms with E-state index in [1.54, 1.807) is 0 Å². The van der Waals surface area contributed by atoms with Gasteiger partial charge in [-0.15, -0.1) is 11.3 Å². The summed E-state index contributed by atoms with van der Waals surface area (Å²) in [5.74, 6) is 0. The monoisotopic (exact) mass is 226 g/mol. The summed E-state index contributed by atoms with van der Waals surface area (Å²) in [4.78, 5) is 0.906. The molecule has 1 aromatic carbocycles. The lowest BCUT2D eigenvalue weighted by Crippen LogP contribution is -1.99. The zero-order chi connectivity index (χ0) is 11.4. The highest BCUT2D eigenvalue weighted by Gasteiger charge is 2.08. The van der Waals surface area contributed by atoms with Crippen molar-refractivity contribution in [1.29, 1.82) is 5.26 Å². The highest BCUT2D eigenvalue weighted by atomic mass is 32.1. The molecular weight excluding hydrogens is 216 g/mol. The Hall–Kier alpha value is -2.05. The number of thiophene rings is 1. The van der Waals surface area contributed by atoms with E-state index in [1.165, 1.54) is 11.3 Å². The van der Waals surface area contributed by atoms with E-state index in [0.29, 0.717) is 11.3 Å². The van der Waals surface area contributed by atoms with E-state index < -0.39 is 0 Å². The molecule has 2 nitrogen and oxygen atoms in total. The van der Waals surface area contributed by atoms with Crippen molar-refractivity contribution in [2.24, 2.45) is 5.73 Å². The Morgan fingerprint density at radius 1 is 1.12 bits per heavy atom. The lowest BCUT2D eigenvalue weighted by Gasteiger charge is -2.03. The number of hydrogen-bond donors (Lipinski definition) is 1. The van der Waals surface area contributed by atoms with E-state index in [-0.39, 0.29) is 0 Å². The van der Waals surface area contributed by atoms with Crippen molar-refractivity contribution in [1.82, 2.24) is 0 Å². The number of nitrogens with zero attached hydrogens (tertiary/aromatic N) is 1. The third kappa shape index (κ3) is 1.97. The summed E-state index contributed by atoms with van der Waals surface area (Å²) in [7, 11) is 0. The number of hydrogen-bond acceptors (Lipinski definition) is 3. The highest BCUT2D eigenvalue weighted by molar-refractivity contribution is 7.11. The summed E-state index contributed by atoms with van der Waals surface area (Å²) >= 11 is 1.52. The van der Waals surface area contributed by atoms with E-state index in [4.69, 9.17) is 11.0 Å². The molecule has 0 radical (unpaired) electrons. The molecule has 0 aliphatic heterocycles. The van der Waals surface area contributed by atoms with Crippen molar-refractivity contribution in [2.75, 3.05) is 0 Å². The first-order valence-corrected chi connectivity index (χ1v) is 5.70. The second-order valence-corrected chi connectivity index (χ2v) is 4.19. The summed E-state index contributed by atoms with van der Waals surface area (Å²) < 4.78 is 0. The van der Waals surface area contributed by atoms with Crippen LogP contribution >= 0.6 is 11.3 Å². The maximum atomic E-state index is 9.15. The first-order chi connectivity index (χ1) is 7.83. The van der Waals surface area contributed by atoms with Gasteiger partial charge in [-0.05, 0) is 17.0 Å². The molecule has 0 saturated heterocycles. The van der Waals surface area contributed by atoms with Crippen molar-refractivity contribution in [2.45, 2.75) is 0 Å². The number of rotatable bonds is 2. The molecule has 0 unspecified atom stereocenters. The van der Waals surface area contributed by atoms with Gasteiger partial charge in [0, 0.05) is 4.88 Å². The van der Waals surface area contributed by atoms with E-state index in [9.17, 15) is 0 Å². The van der Waals surface area contributed by atoms with Gasteiger partial charge in [0.25, 0.3) is 0 Å². The molecule has 16 heavy (non-hydrogen) atoms. The van der Waals surface area contributed by atoms with Gasteiger partial charge in [-0.2, -0.15) is 5.26 Å². The largest absolute Gasteiger partial charge is 0.397 e. The first kappa shape index (κ1) is 10.5. The minimum Gasteiger partial charge on any atom is -0.397 e. The van der Waals surface area contributed by atoms with E-state index in [0.717, 1.165) is 10.4 Å². The van der Waals surface area contributed by atoms with E-state index in [1.807, 2.05) is 47.8 Å². The molecule has 0 spiro atoms. The molecule has 0 amide bonds. The van der Waals surface area contributed by atoms with Gasteiger partial charge in [0.15, 0.2) is 0 Å². The minimum absolute atomic E-state index is 0.533. The SMILES string of the molecule is N#C/C(=C(/N)c1ccccc1)c1cccs1. The molecule has 0 fully saturated rings. The number of nitrogens with two attached hydrogens (primary N) is 1. The van der Waals surface area contributed by atoms with Crippen molar-refractivity contribution < 1.29 is 0 Å². The van der Waals surface area contributed by atoms with Crippen molar-refractivity contribution in [3.63, 3.8) is 0 Å². The Balaban J connectivity index is 2.52. The van der Waals surface area contributed by atoms with Gasteiger partial charge in [0.2, 0.25) is 0 Å². The van der Waals surface area contributed by atoms with Gasteiger partial charge in [-0.25, -0.2) is 0 Å². The fourth-order valence-corrected chi connectivity index (χ4v) is 2.17. The molecule has 0 aliphatic carbocycles. The molecule has 78 valence electrons. The molecule has 1 aromatic heterocycles. The lowest BCUT2D eigenvalue weighted by atomic mass is 10.1. The zero-order valence-corrected chi connectivity index (χ0v) is 9.37. The van der Waals surface area contributed by atoms with Crippen LogP contribution in [0.5, 0.6) is 0 Å². The molecule has 0 aliphatic rings. The van der Waals surface area contributed by atoms with Crippen LogP contribution in [-0.4, -0.2) is 0 Å². The number of allylic oxidation sites excluding steroid dienone is 1. The predicted molar refractivity (Wildman–Crippen MR) is 67.4 cm³/mol. The van der Waals surface area contributed by atoms with Crippen LogP contribution < -0.4 is 5.73 Å². The van der Waals surface area contributed by atoms with Gasteiger partial charge in [-0.1, -0.05) is 36.4 Å². The van der Waals surface area contributed by atoms with Crippen LogP contribution in [0.15, 0.2) is 47.8 Å². The highest BCUT2D eigenvalue weighted by Crippen LogP contribution is 2.25. The van der Waals surface area contributed by atoms with Gasteiger partial charge in [-0.3, -0.25) is 0 Å². The van der Waals surface area contributed by atoms with Crippen molar-refractivity contribution in [3.05, 3.63) is 58.3 Å². The Bertz CT molecular complexity index is 533. The Morgan fingerprint density at radius 2 is 1.88 bits per heavy atom. The van der Waals surface area contributed by atoms with Crippen LogP contribution in [0, 0.1) is 11.3 Å². The predicted octanol–water partition coefficient (Wildman–Crippen LogP) is 3.10. The Labute approximate surface area is 98.3 Å². The van der Waals surface area contributed by atoms with Gasteiger partial charge in [0.1, 0.15) is 6.07 Å². The van der Waals surface area contributed by atoms with Crippen LogP contribution in [0.1, 0.15) is 10.4 Å². The van der Waals surface area contributed by atoms with Crippen LogP contribution in [-0.2, 0) is 0 Å². The molecule has 1 heterocycles. The summed E-state index contributed by atoms with van der Waals surface area (Å²) in [6.45, 7) is 0. The normalized spacial score (nSPS) is 11.7. The Morgan fingerprint density at radius 3 is 2.44 bits per heavy atom. The molecule has 0 bridgehead atoms. The smallest absolute Gasteiger partial charge is 0.103 e. The third-order valence-corrected chi connectivity index (χ3v) is 3.12. The maximum Gasteiger partial charge on any atom is 0.103 e. The fourth-order valence-electron chi connectivity index (χ4n) is 1.43. The second-order valence-electron chi connectivity index (χ2n) is 3.24. The summed E-state index contributed by atoms with van der Waals surface area (Å²) in [6.07, 6.45) is 0.